The molecular formula is C12H11ClO. The van der Waals surface area contributed by atoms with Gasteiger partial charge in [0, 0.05) is 11.1 Å². The number of carbonyl (C=O) groups is 1. The van der Waals surface area contributed by atoms with E-state index in [4.69, 9.17) is 11.6 Å². The SMILES string of the molecule is CC(=O)c1ccc(C#CCCl)cc1C. The summed E-state index contributed by atoms with van der Waals surface area (Å²) in [6, 6.07) is 5.54. The molecule has 0 radical (unpaired) electrons. The molecular weight excluding hydrogens is 196 g/mol. The predicted molar refractivity (Wildman–Crippen MR) is 58.8 cm³/mol. The van der Waals surface area contributed by atoms with E-state index in [1.54, 1.807) is 13.0 Å². The van der Waals surface area contributed by atoms with Crippen LogP contribution < -0.4 is 0 Å². The van der Waals surface area contributed by atoms with Gasteiger partial charge >= 0.3 is 0 Å². The van der Waals surface area contributed by atoms with Crippen molar-refractivity contribution >= 4 is 17.4 Å². The number of aryl methyl sites for hydroxylation is 1. The first-order valence-electron chi connectivity index (χ1n) is 4.31. The molecule has 0 heterocycles. The third kappa shape index (κ3) is 2.61. The van der Waals surface area contributed by atoms with E-state index in [1.807, 2.05) is 19.1 Å². The second-order valence-corrected chi connectivity index (χ2v) is 3.29. The smallest absolute Gasteiger partial charge is 0.160 e. The molecule has 1 aromatic rings. The van der Waals surface area contributed by atoms with Crippen LogP contribution in [0.3, 0.4) is 0 Å². The van der Waals surface area contributed by atoms with E-state index >= 15 is 0 Å². The number of carbonyl (C=O) groups excluding carboxylic acids is 1. The topological polar surface area (TPSA) is 17.1 Å². The van der Waals surface area contributed by atoms with Crippen LogP contribution in [-0.2, 0) is 0 Å². The summed E-state index contributed by atoms with van der Waals surface area (Å²) < 4.78 is 0. The number of ketones is 1. The predicted octanol–water partition coefficient (Wildman–Crippen LogP) is 2.79. The third-order valence-corrected chi connectivity index (χ3v) is 2.04. The van der Waals surface area contributed by atoms with Gasteiger partial charge in [0.15, 0.2) is 5.78 Å². The van der Waals surface area contributed by atoms with E-state index in [0.29, 0.717) is 5.88 Å². The van der Waals surface area contributed by atoms with Crippen molar-refractivity contribution in [2.75, 3.05) is 5.88 Å². The maximum absolute atomic E-state index is 11.1. The fourth-order valence-electron chi connectivity index (χ4n) is 1.27. The zero-order valence-electron chi connectivity index (χ0n) is 8.23. The van der Waals surface area contributed by atoms with Crippen molar-refractivity contribution in [3.8, 4) is 11.8 Å². The molecule has 2 heteroatoms. The molecule has 1 aromatic carbocycles. The lowest BCUT2D eigenvalue weighted by molar-refractivity contribution is 0.101. The lowest BCUT2D eigenvalue weighted by atomic mass is 10.0. The third-order valence-electron chi connectivity index (χ3n) is 1.91. The van der Waals surface area contributed by atoms with Gasteiger partial charge in [0.1, 0.15) is 0 Å². The monoisotopic (exact) mass is 206 g/mol. The Morgan fingerprint density at radius 2 is 2.21 bits per heavy atom. The normalized spacial score (nSPS) is 9.07. The number of Topliss-reactive ketones (excluding diaryl/α,β-unsaturated/α-hetero) is 1. The lowest BCUT2D eigenvalue weighted by Crippen LogP contribution is -1.95. The molecule has 0 spiro atoms. The summed E-state index contributed by atoms with van der Waals surface area (Å²) in [7, 11) is 0. The molecule has 0 N–H and O–H groups in total. The molecule has 0 aromatic heterocycles. The summed E-state index contributed by atoms with van der Waals surface area (Å²) in [5.41, 5.74) is 2.61. The summed E-state index contributed by atoms with van der Waals surface area (Å²) >= 11 is 5.45. The standard InChI is InChI=1S/C12H11ClO/c1-9-8-11(4-3-7-13)5-6-12(9)10(2)14/h5-6,8H,7H2,1-2H3. The Balaban J connectivity index is 3.06. The number of alkyl halides is 1. The molecule has 0 fully saturated rings. The highest BCUT2D eigenvalue weighted by Gasteiger charge is 2.02. The summed E-state index contributed by atoms with van der Waals surface area (Å²) in [6.07, 6.45) is 0. The Kier molecular flexibility index (Phi) is 3.73. The maximum atomic E-state index is 11.1. The van der Waals surface area contributed by atoms with Gasteiger partial charge < -0.3 is 0 Å². The zero-order chi connectivity index (χ0) is 10.6. The highest BCUT2D eigenvalue weighted by atomic mass is 35.5. The fraction of sp³-hybridized carbons (Fsp3) is 0.250. The molecule has 0 saturated heterocycles. The Morgan fingerprint density at radius 3 is 2.71 bits per heavy atom. The van der Waals surface area contributed by atoms with Crippen LogP contribution in [0.4, 0.5) is 0 Å². The van der Waals surface area contributed by atoms with Crippen LogP contribution >= 0.6 is 11.6 Å². The molecule has 0 aliphatic carbocycles. The quantitative estimate of drug-likeness (QED) is 0.392. The molecule has 0 amide bonds. The van der Waals surface area contributed by atoms with Crippen LogP contribution in [0.2, 0.25) is 0 Å². The van der Waals surface area contributed by atoms with Crippen molar-refractivity contribution in [1.29, 1.82) is 0 Å². The average Bonchev–Trinajstić information content (AvgIpc) is 2.14. The van der Waals surface area contributed by atoms with Gasteiger partial charge in [0.2, 0.25) is 0 Å². The largest absolute Gasteiger partial charge is 0.295 e. The van der Waals surface area contributed by atoms with Gasteiger partial charge in [-0.15, -0.1) is 11.6 Å². The minimum Gasteiger partial charge on any atom is -0.295 e. The molecule has 14 heavy (non-hydrogen) atoms. The Hall–Kier alpha value is -1.26. The molecule has 0 aliphatic heterocycles. The molecule has 0 atom stereocenters. The van der Waals surface area contributed by atoms with Gasteiger partial charge in [-0.3, -0.25) is 4.79 Å². The van der Waals surface area contributed by atoms with Crippen molar-refractivity contribution in [2.24, 2.45) is 0 Å². The molecule has 0 bridgehead atoms. The van der Waals surface area contributed by atoms with Crippen LogP contribution in [0.25, 0.3) is 0 Å². The fourth-order valence-corrected chi connectivity index (χ4v) is 1.34. The van der Waals surface area contributed by atoms with Crippen molar-refractivity contribution in [1.82, 2.24) is 0 Å². The molecule has 1 nitrogen and oxygen atoms in total. The van der Waals surface area contributed by atoms with E-state index in [-0.39, 0.29) is 5.78 Å². The second kappa shape index (κ2) is 4.83. The lowest BCUT2D eigenvalue weighted by Gasteiger charge is -2.01. The first-order chi connectivity index (χ1) is 6.65. The zero-order valence-corrected chi connectivity index (χ0v) is 8.98. The first kappa shape index (κ1) is 10.8. The van der Waals surface area contributed by atoms with Gasteiger partial charge in [-0.1, -0.05) is 11.8 Å². The summed E-state index contributed by atoms with van der Waals surface area (Å²) in [5.74, 6) is 6.09. The van der Waals surface area contributed by atoms with E-state index in [2.05, 4.69) is 11.8 Å². The number of hydrogen-bond acceptors (Lipinski definition) is 1. The highest BCUT2D eigenvalue weighted by Crippen LogP contribution is 2.10. The van der Waals surface area contributed by atoms with Gasteiger partial charge in [-0.05, 0) is 37.6 Å². The molecule has 0 aliphatic rings. The van der Waals surface area contributed by atoms with Crippen molar-refractivity contribution in [3.63, 3.8) is 0 Å². The maximum Gasteiger partial charge on any atom is 0.160 e. The number of hydrogen-bond donors (Lipinski definition) is 0. The molecule has 72 valence electrons. The molecule has 1 rings (SSSR count). The van der Waals surface area contributed by atoms with Gasteiger partial charge in [-0.25, -0.2) is 0 Å². The summed E-state index contributed by atoms with van der Waals surface area (Å²) in [6.45, 7) is 3.47. The van der Waals surface area contributed by atoms with Crippen molar-refractivity contribution < 1.29 is 4.79 Å². The Morgan fingerprint density at radius 1 is 1.50 bits per heavy atom. The number of halogens is 1. The van der Waals surface area contributed by atoms with Gasteiger partial charge in [0.25, 0.3) is 0 Å². The van der Waals surface area contributed by atoms with E-state index < -0.39 is 0 Å². The van der Waals surface area contributed by atoms with Crippen LogP contribution in [0, 0.1) is 18.8 Å². The van der Waals surface area contributed by atoms with Gasteiger partial charge in [0.05, 0.1) is 5.88 Å². The highest BCUT2D eigenvalue weighted by molar-refractivity contribution is 6.19. The van der Waals surface area contributed by atoms with Crippen LogP contribution in [-0.4, -0.2) is 11.7 Å². The number of benzene rings is 1. The average molecular weight is 207 g/mol. The van der Waals surface area contributed by atoms with Crippen molar-refractivity contribution in [3.05, 3.63) is 34.9 Å². The molecule has 0 unspecified atom stereocenters. The molecule has 0 saturated carbocycles. The second-order valence-electron chi connectivity index (χ2n) is 3.02. The minimum absolute atomic E-state index is 0.0827. The van der Waals surface area contributed by atoms with E-state index in [9.17, 15) is 4.79 Å². The van der Waals surface area contributed by atoms with Crippen molar-refractivity contribution in [2.45, 2.75) is 13.8 Å². The summed E-state index contributed by atoms with van der Waals surface area (Å²) in [4.78, 5) is 11.1. The van der Waals surface area contributed by atoms with Crippen LogP contribution in [0.1, 0.15) is 28.4 Å². The van der Waals surface area contributed by atoms with E-state index in [1.165, 1.54) is 0 Å². The van der Waals surface area contributed by atoms with Crippen LogP contribution in [0.15, 0.2) is 18.2 Å². The first-order valence-corrected chi connectivity index (χ1v) is 4.85. The Labute approximate surface area is 89.1 Å². The van der Waals surface area contributed by atoms with Crippen LogP contribution in [0.5, 0.6) is 0 Å². The minimum atomic E-state index is 0.0827. The Bertz CT molecular complexity index is 410. The van der Waals surface area contributed by atoms with Gasteiger partial charge in [-0.2, -0.15) is 0 Å². The van der Waals surface area contributed by atoms with E-state index in [0.717, 1.165) is 16.7 Å². The number of rotatable bonds is 1. The summed E-state index contributed by atoms with van der Waals surface area (Å²) in [5, 5.41) is 0.